The summed E-state index contributed by atoms with van der Waals surface area (Å²) in [6, 6.07) is 6.96. The Morgan fingerprint density at radius 3 is 2.68 bits per heavy atom. The van der Waals surface area contributed by atoms with E-state index in [0.29, 0.717) is 38.5 Å². The normalized spacial score (nSPS) is 15.6. The van der Waals surface area contributed by atoms with E-state index in [-0.39, 0.29) is 17.2 Å². The maximum Gasteiger partial charge on any atom is 0.305 e. The first-order chi connectivity index (χ1) is 12.1. The predicted molar refractivity (Wildman–Crippen MR) is 97.2 cm³/mol. The molecule has 6 heteroatoms. The number of nitrogens with zero attached hydrogens (tertiary/aromatic N) is 1. The molecule has 0 atom stereocenters. The van der Waals surface area contributed by atoms with Crippen LogP contribution in [0.25, 0.3) is 0 Å². The average Bonchev–Trinajstić information content (AvgIpc) is 3.38. The molecule has 0 spiro atoms. The fraction of sp³-hybridized carbons (Fsp3) is 0.579. The molecule has 0 saturated heterocycles. The van der Waals surface area contributed by atoms with E-state index < -0.39 is 0 Å². The molecule has 0 unspecified atom stereocenters. The number of carbonyl (C=O) groups excluding carboxylic acids is 1. The minimum absolute atomic E-state index is 0.150. The van der Waals surface area contributed by atoms with Gasteiger partial charge in [0.1, 0.15) is 5.82 Å². The highest BCUT2D eigenvalue weighted by Crippen LogP contribution is 2.49. The van der Waals surface area contributed by atoms with E-state index in [2.05, 4.69) is 15.6 Å². The largest absolute Gasteiger partial charge is 0.466 e. The van der Waals surface area contributed by atoms with Crippen LogP contribution in [0.1, 0.15) is 45.1 Å². The lowest BCUT2D eigenvalue weighted by Gasteiger charge is -2.16. The predicted octanol–water partition coefficient (Wildman–Crippen LogP) is 2.76. The molecule has 0 amide bonds. The van der Waals surface area contributed by atoms with Crippen molar-refractivity contribution in [3.8, 4) is 0 Å². The number of carbonyl (C=O) groups is 1. The minimum Gasteiger partial charge on any atom is -0.466 e. The van der Waals surface area contributed by atoms with Crippen molar-refractivity contribution >= 4 is 11.9 Å². The zero-order chi connectivity index (χ0) is 18.1. The fourth-order valence-corrected chi connectivity index (χ4v) is 2.80. The van der Waals surface area contributed by atoms with E-state index in [1.807, 2.05) is 19.1 Å². The molecule has 0 bridgehead atoms. The molecule has 1 fully saturated rings. The Bertz CT molecular complexity index is 600. The molecule has 0 aliphatic heterocycles. The summed E-state index contributed by atoms with van der Waals surface area (Å²) in [7, 11) is 0. The van der Waals surface area contributed by atoms with Gasteiger partial charge in [0.2, 0.25) is 0 Å². The van der Waals surface area contributed by atoms with Gasteiger partial charge in [-0.2, -0.15) is 0 Å². The zero-order valence-corrected chi connectivity index (χ0v) is 15.1. The lowest BCUT2D eigenvalue weighted by atomic mass is 9.95. The van der Waals surface area contributed by atoms with Crippen LogP contribution >= 0.6 is 0 Å². The van der Waals surface area contributed by atoms with E-state index in [1.165, 1.54) is 6.07 Å². The maximum absolute atomic E-state index is 14.1. The van der Waals surface area contributed by atoms with E-state index in [4.69, 9.17) is 4.74 Å². The maximum atomic E-state index is 14.1. The third kappa shape index (κ3) is 5.73. The van der Waals surface area contributed by atoms with Crippen LogP contribution in [0.2, 0.25) is 0 Å². The molecule has 25 heavy (non-hydrogen) atoms. The summed E-state index contributed by atoms with van der Waals surface area (Å²) in [5, 5.41) is 6.41. The van der Waals surface area contributed by atoms with Crippen LogP contribution in [-0.4, -0.2) is 38.2 Å². The van der Waals surface area contributed by atoms with Crippen LogP contribution < -0.4 is 10.6 Å². The Labute approximate surface area is 149 Å². The number of nitrogens with one attached hydrogen (secondary N) is 2. The molecule has 2 N–H and O–H groups in total. The quantitative estimate of drug-likeness (QED) is 0.311. The van der Waals surface area contributed by atoms with Crippen LogP contribution in [0.3, 0.4) is 0 Å². The van der Waals surface area contributed by atoms with Gasteiger partial charge >= 0.3 is 5.97 Å². The summed E-state index contributed by atoms with van der Waals surface area (Å²) in [4.78, 5) is 16.0. The molecule has 1 aliphatic rings. The van der Waals surface area contributed by atoms with Gasteiger partial charge < -0.3 is 15.4 Å². The van der Waals surface area contributed by atoms with Gasteiger partial charge in [-0.1, -0.05) is 18.2 Å². The van der Waals surface area contributed by atoms with Crippen LogP contribution in [0.5, 0.6) is 0 Å². The molecular weight excluding hydrogens is 321 g/mol. The first-order valence-electron chi connectivity index (χ1n) is 9.04. The summed E-state index contributed by atoms with van der Waals surface area (Å²) in [6.45, 7) is 6.15. The number of benzene rings is 1. The van der Waals surface area contributed by atoms with E-state index in [1.54, 1.807) is 13.0 Å². The van der Waals surface area contributed by atoms with E-state index >= 15 is 0 Å². The van der Waals surface area contributed by atoms with E-state index in [0.717, 1.165) is 24.9 Å². The first kappa shape index (κ1) is 19.2. The summed E-state index contributed by atoms with van der Waals surface area (Å²) in [6.07, 6.45) is 2.99. The molecule has 0 radical (unpaired) electrons. The lowest BCUT2D eigenvalue weighted by Crippen LogP contribution is -2.38. The average molecular weight is 349 g/mol. The molecule has 0 heterocycles. The SMILES string of the molecule is CCNC(=NCC1(c2ccccc2F)CC1)NCCCC(=O)OCC. The van der Waals surface area contributed by atoms with Gasteiger partial charge in [0.15, 0.2) is 5.96 Å². The second-order valence-corrected chi connectivity index (χ2v) is 6.29. The Morgan fingerprint density at radius 1 is 1.28 bits per heavy atom. The van der Waals surface area contributed by atoms with Crippen molar-refractivity contribution in [1.29, 1.82) is 0 Å². The van der Waals surface area contributed by atoms with Crippen LogP contribution in [0.4, 0.5) is 4.39 Å². The fourth-order valence-electron chi connectivity index (χ4n) is 2.80. The highest BCUT2D eigenvalue weighted by Gasteiger charge is 2.45. The number of rotatable bonds is 9. The number of hydrogen-bond donors (Lipinski definition) is 2. The topological polar surface area (TPSA) is 62.7 Å². The van der Waals surface area contributed by atoms with Gasteiger partial charge in [-0.15, -0.1) is 0 Å². The second-order valence-electron chi connectivity index (χ2n) is 6.29. The third-order valence-electron chi connectivity index (χ3n) is 4.34. The number of hydrogen-bond acceptors (Lipinski definition) is 3. The van der Waals surface area contributed by atoms with Crippen molar-refractivity contribution in [3.05, 3.63) is 35.6 Å². The van der Waals surface area contributed by atoms with Gasteiger partial charge in [-0.3, -0.25) is 9.79 Å². The van der Waals surface area contributed by atoms with Crippen molar-refractivity contribution in [3.63, 3.8) is 0 Å². The molecule has 1 saturated carbocycles. The molecule has 1 aromatic rings. The molecule has 0 aromatic heterocycles. The second kappa shape index (κ2) is 9.39. The van der Waals surface area contributed by atoms with E-state index in [9.17, 15) is 9.18 Å². The number of ether oxygens (including phenoxy) is 1. The standard InChI is InChI=1S/C19H28FN3O2/c1-3-21-18(22-13-7-10-17(24)25-4-2)23-14-19(11-12-19)15-8-5-6-9-16(15)20/h5-6,8-9H,3-4,7,10-14H2,1-2H3,(H2,21,22,23). The molecule has 138 valence electrons. The smallest absolute Gasteiger partial charge is 0.305 e. The molecule has 1 aromatic carbocycles. The number of halogens is 1. The van der Waals surface area contributed by atoms with Crippen LogP contribution in [0.15, 0.2) is 29.3 Å². The first-order valence-corrected chi connectivity index (χ1v) is 9.04. The lowest BCUT2D eigenvalue weighted by molar-refractivity contribution is -0.143. The molecule has 2 rings (SSSR count). The summed E-state index contributed by atoms with van der Waals surface area (Å²) >= 11 is 0. The van der Waals surface area contributed by atoms with Gasteiger partial charge in [-0.05, 0) is 44.7 Å². The van der Waals surface area contributed by atoms with Crippen molar-refractivity contribution < 1.29 is 13.9 Å². The Balaban J connectivity index is 1.87. The molecular formula is C19H28FN3O2. The number of esters is 1. The monoisotopic (exact) mass is 349 g/mol. The molecule has 1 aliphatic carbocycles. The number of aliphatic imine (C=N–C) groups is 1. The molecule has 5 nitrogen and oxygen atoms in total. The van der Waals surface area contributed by atoms with Crippen molar-refractivity contribution in [2.75, 3.05) is 26.2 Å². The van der Waals surface area contributed by atoms with Gasteiger partial charge in [0.25, 0.3) is 0 Å². The Hall–Kier alpha value is -2.11. The van der Waals surface area contributed by atoms with Gasteiger partial charge in [-0.25, -0.2) is 4.39 Å². The minimum atomic E-state index is -0.178. The highest BCUT2D eigenvalue weighted by atomic mass is 19.1. The van der Waals surface area contributed by atoms with Crippen molar-refractivity contribution in [2.24, 2.45) is 4.99 Å². The van der Waals surface area contributed by atoms with Gasteiger partial charge in [0, 0.05) is 24.9 Å². The van der Waals surface area contributed by atoms with Crippen molar-refractivity contribution in [1.82, 2.24) is 10.6 Å². The third-order valence-corrected chi connectivity index (χ3v) is 4.34. The zero-order valence-electron chi connectivity index (χ0n) is 15.1. The summed E-state index contributed by atoms with van der Waals surface area (Å²) in [5.41, 5.74) is 0.593. The Morgan fingerprint density at radius 2 is 2.04 bits per heavy atom. The highest BCUT2D eigenvalue weighted by molar-refractivity contribution is 5.80. The number of guanidine groups is 1. The summed E-state index contributed by atoms with van der Waals surface area (Å²) in [5.74, 6) is 0.374. The van der Waals surface area contributed by atoms with Crippen LogP contribution in [0, 0.1) is 5.82 Å². The Kier molecular flexibility index (Phi) is 7.22. The van der Waals surface area contributed by atoms with Gasteiger partial charge in [0.05, 0.1) is 13.2 Å². The summed E-state index contributed by atoms with van der Waals surface area (Å²) < 4.78 is 19.0. The van der Waals surface area contributed by atoms with Crippen molar-refractivity contribution in [2.45, 2.75) is 44.9 Å². The van der Waals surface area contributed by atoms with Crippen LogP contribution in [-0.2, 0) is 14.9 Å².